The van der Waals surface area contributed by atoms with Crippen LogP contribution in [-0.4, -0.2) is 22.7 Å². The summed E-state index contributed by atoms with van der Waals surface area (Å²) >= 11 is 4.41. The lowest BCUT2D eigenvalue weighted by atomic mass is 10.2. The molecule has 1 aliphatic rings. The van der Waals surface area contributed by atoms with Crippen LogP contribution in [0.15, 0.2) is 57.9 Å². The minimum atomic E-state index is -0.271. The number of carbonyl (C=O) groups is 2. The Kier molecular flexibility index (Phi) is 5.60. The Balaban J connectivity index is 1.81. The summed E-state index contributed by atoms with van der Waals surface area (Å²) in [4.78, 5) is 26.6. The van der Waals surface area contributed by atoms with Gasteiger partial charge in [-0.3, -0.25) is 14.5 Å². The minimum Gasteiger partial charge on any atom is -0.494 e. The number of thioether (sulfide) groups is 1. The highest BCUT2D eigenvalue weighted by Crippen LogP contribution is 2.34. The summed E-state index contributed by atoms with van der Waals surface area (Å²) in [5.41, 5.74) is 1.72. The minimum absolute atomic E-state index is 0.252. The van der Waals surface area contributed by atoms with Crippen LogP contribution in [0, 0.1) is 0 Å². The molecule has 0 spiro atoms. The Morgan fingerprint density at radius 1 is 1.16 bits per heavy atom. The highest BCUT2D eigenvalue weighted by molar-refractivity contribution is 9.10. The van der Waals surface area contributed by atoms with Crippen LogP contribution >= 0.6 is 27.7 Å². The zero-order chi connectivity index (χ0) is 17.8. The van der Waals surface area contributed by atoms with Crippen LogP contribution in [0.1, 0.15) is 18.1 Å². The van der Waals surface area contributed by atoms with Crippen LogP contribution in [0.4, 0.5) is 4.79 Å². The smallest absolute Gasteiger partial charge is 0.293 e. The zero-order valence-electron chi connectivity index (χ0n) is 13.6. The number of ether oxygens (including phenoxy) is 1. The molecule has 2 aromatic carbocycles. The predicted octanol–water partition coefficient (Wildman–Crippen LogP) is 5.08. The van der Waals surface area contributed by atoms with E-state index in [1.807, 2.05) is 55.5 Å². The Morgan fingerprint density at radius 3 is 2.72 bits per heavy atom. The molecule has 1 heterocycles. The Morgan fingerprint density at radius 2 is 1.96 bits per heavy atom. The largest absolute Gasteiger partial charge is 0.494 e. The fourth-order valence-electron chi connectivity index (χ4n) is 2.45. The van der Waals surface area contributed by atoms with Crippen molar-refractivity contribution in [2.75, 3.05) is 6.61 Å². The number of carbonyl (C=O) groups excluding carboxylic acids is 2. The van der Waals surface area contributed by atoms with Gasteiger partial charge in [0.1, 0.15) is 5.75 Å². The van der Waals surface area contributed by atoms with Gasteiger partial charge >= 0.3 is 0 Å². The third-order valence-corrected chi connectivity index (χ3v) is 5.31. The average Bonchev–Trinajstić information content (AvgIpc) is 2.85. The molecule has 0 aliphatic carbocycles. The first-order valence-corrected chi connectivity index (χ1v) is 9.41. The van der Waals surface area contributed by atoms with Gasteiger partial charge in [-0.2, -0.15) is 0 Å². The lowest BCUT2D eigenvalue weighted by Gasteiger charge is -2.13. The van der Waals surface area contributed by atoms with Crippen LogP contribution in [0.25, 0.3) is 6.08 Å². The third kappa shape index (κ3) is 4.14. The monoisotopic (exact) mass is 417 g/mol. The van der Waals surface area contributed by atoms with Crippen LogP contribution in [0.2, 0.25) is 0 Å². The SMILES string of the molecule is CCOc1cccc(C=C2SC(=O)N(Cc3ccccc3Br)C2=O)c1. The van der Waals surface area contributed by atoms with Crippen LogP contribution in [0.5, 0.6) is 5.75 Å². The molecule has 3 rings (SSSR count). The fourth-order valence-corrected chi connectivity index (χ4v) is 3.69. The number of amides is 2. The van der Waals surface area contributed by atoms with Crippen molar-refractivity contribution >= 4 is 44.9 Å². The lowest BCUT2D eigenvalue weighted by molar-refractivity contribution is -0.123. The van der Waals surface area contributed by atoms with E-state index in [9.17, 15) is 9.59 Å². The molecule has 0 aromatic heterocycles. The van der Waals surface area contributed by atoms with Crippen molar-refractivity contribution in [2.45, 2.75) is 13.5 Å². The first kappa shape index (κ1) is 17.8. The van der Waals surface area contributed by atoms with Crippen molar-refractivity contribution in [3.05, 3.63) is 69.0 Å². The molecular weight excluding hydrogens is 402 g/mol. The summed E-state index contributed by atoms with van der Waals surface area (Å²) in [7, 11) is 0. The predicted molar refractivity (Wildman–Crippen MR) is 103 cm³/mol. The number of rotatable bonds is 5. The van der Waals surface area contributed by atoms with Crippen molar-refractivity contribution in [3.8, 4) is 5.75 Å². The summed E-state index contributed by atoms with van der Waals surface area (Å²) < 4.78 is 6.35. The molecule has 25 heavy (non-hydrogen) atoms. The molecule has 0 atom stereocenters. The molecule has 0 unspecified atom stereocenters. The maximum Gasteiger partial charge on any atom is 0.293 e. The van der Waals surface area contributed by atoms with Gasteiger partial charge in [0.15, 0.2) is 0 Å². The van der Waals surface area contributed by atoms with Gasteiger partial charge in [0.25, 0.3) is 11.1 Å². The standard InChI is InChI=1S/C19H16BrNO3S/c1-2-24-15-8-5-6-13(10-15)11-17-18(22)21(19(23)25-17)12-14-7-3-4-9-16(14)20/h3-11H,2,12H2,1H3. The number of hydrogen-bond donors (Lipinski definition) is 0. The summed E-state index contributed by atoms with van der Waals surface area (Å²) in [6, 6.07) is 15.0. The van der Waals surface area contributed by atoms with Crippen molar-refractivity contribution in [2.24, 2.45) is 0 Å². The Labute approximate surface area is 159 Å². The van der Waals surface area contributed by atoms with Gasteiger partial charge in [0.05, 0.1) is 18.1 Å². The van der Waals surface area contributed by atoms with E-state index < -0.39 is 0 Å². The van der Waals surface area contributed by atoms with Gasteiger partial charge < -0.3 is 4.74 Å². The van der Waals surface area contributed by atoms with E-state index in [-0.39, 0.29) is 17.7 Å². The average molecular weight is 418 g/mol. The molecule has 2 aromatic rings. The second-order valence-corrected chi connectivity index (χ2v) is 7.21. The van der Waals surface area contributed by atoms with Gasteiger partial charge in [0.2, 0.25) is 0 Å². The van der Waals surface area contributed by atoms with Crippen molar-refractivity contribution in [1.82, 2.24) is 4.90 Å². The molecule has 4 nitrogen and oxygen atoms in total. The molecule has 1 saturated heterocycles. The van der Waals surface area contributed by atoms with Gasteiger partial charge in [-0.05, 0) is 54.1 Å². The molecule has 1 aliphatic heterocycles. The summed E-state index contributed by atoms with van der Waals surface area (Å²) in [6.45, 7) is 2.74. The van der Waals surface area contributed by atoms with E-state index in [1.54, 1.807) is 6.08 Å². The van der Waals surface area contributed by atoms with Gasteiger partial charge in [-0.25, -0.2) is 0 Å². The highest BCUT2D eigenvalue weighted by Gasteiger charge is 2.35. The second kappa shape index (κ2) is 7.89. The number of nitrogens with zero attached hydrogens (tertiary/aromatic N) is 1. The maximum absolute atomic E-state index is 12.6. The zero-order valence-corrected chi connectivity index (χ0v) is 16.0. The van der Waals surface area contributed by atoms with E-state index in [2.05, 4.69) is 15.9 Å². The van der Waals surface area contributed by atoms with Crippen molar-refractivity contribution in [3.63, 3.8) is 0 Å². The first-order valence-electron chi connectivity index (χ1n) is 7.80. The Bertz CT molecular complexity index is 850. The molecule has 0 radical (unpaired) electrons. The molecule has 6 heteroatoms. The topological polar surface area (TPSA) is 46.6 Å². The quantitative estimate of drug-likeness (QED) is 0.635. The van der Waals surface area contributed by atoms with Crippen LogP contribution < -0.4 is 4.74 Å². The molecule has 128 valence electrons. The summed E-state index contributed by atoms with van der Waals surface area (Å²) in [5.74, 6) is 0.469. The van der Waals surface area contributed by atoms with Gasteiger partial charge in [-0.15, -0.1) is 0 Å². The van der Waals surface area contributed by atoms with E-state index in [0.29, 0.717) is 11.5 Å². The van der Waals surface area contributed by atoms with Crippen LogP contribution in [0.3, 0.4) is 0 Å². The highest BCUT2D eigenvalue weighted by atomic mass is 79.9. The van der Waals surface area contributed by atoms with E-state index in [1.165, 1.54) is 4.90 Å². The maximum atomic E-state index is 12.6. The van der Waals surface area contributed by atoms with Crippen molar-refractivity contribution < 1.29 is 14.3 Å². The molecule has 1 fully saturated rings. The summed E-state index contributed by atoms with van der Waals surface area (Å²) in [5, 5.41) is -0.257. The lowest BCUT2D eigenvalue weighted by Crippen LogP contribution is -2.27. The molecule has 2 amide bonds. The van der Waals surface area contributed by atoms with E-state index in [4.69, 9.17) is 4.74 Å². The van der Waals surface area contributed by atoms with Gasteiger partial charge in [-0.1, -0.05) is 46.3 Å². The molecule has 0 saturated carbocycles. The second-order valence-electron chi connectivity index (χ2n) is 5.36. The number of halogens is 1. The fraction of sp³-hybridized carbons (Fsp3) is 0.158. The number of benzene rings is 2. The molecule has 0 N–H and O–H groups in total. The molecular formula is C19H16BrNO3S. The first-order chi connectivity index (χ1) is 12.1. The Hall–Kier alpha value is -2.05. The summed E-state index contributed by atoms with van der Waals surface area (Å²) in [6.07, 6.45) is 1.73. The van der Waals surface area contributed by atoms with E-state index >= 15 is 0 Å². The third-order valence-electron chi connectivity index (χ3n) is 3.63. The van der Waals surface area contributed by atoms with Crippen molar-refractivity contribution in [1.29, 1.82) is 0 Å². The van der Waals surface area contributed by atoms with E-state index in [0.717, 1.165) is 33.1 Å². The van der Waals surface area contributed by atoms with Gasteiger partial charge in [0, 0.05) is 4.47 Å². The van der Waals surface area contributed by atoms with Crippen LogP contribution in [-0.2, 0) is 11.3 Å². The molecule has 0 bridgehead atoms. The normalized spacial score (nSPS) is 15.9. The number of imide groups is 1. The number of hydrogen-bond acceptors (Lipinski definition) is 4.